The first-order valence-electron chi connectivity index (χ1n) is 12.6. The van der Waals surface area contributed by atoms with Crippen molar-refractivity contribution in [3.05, 3.63) is 81.4 Å². The van der Waals surface area contributed by atoms with Gasteiger partial charge in [0.1, 0.15) is 11.6 Å². The monoisotopic (exact) mass is 522 g/mol. The van der Waals surface area contributed by atoms with Crippen LogP contribution in [0.25, 0.3) is 11.1 Å². The van der Waals surface area contributed by atoms with Gasteiger partial charge in [0.15, 0.2) is 17.2 Å². The second-order valence-corrected chi connectivity index (χ2v) is 11.0. The molecule has 1 saturated carbocycles. The molecular weight excluding hydrogens is 498 g/mol. The van der Waals surface area contributed by atoms with E-state index in [2.05, 4.69) is 5.32 Å². The van der Waals surface area contributed by atoms with E-state index in [9.17, 15) is 4.79 Å². The molecule has 3 N–H and O–H groups in total. The van der Waals surface area contributed by atoms with Gasteiger partial charge in [-0.05, 0) is 43.9 Å². The van der Waals surface area contributed by atoms with Crippen LogP contribution in [0.2, 0.25) is 5.02 Å². The van der Waals surface area contributed by atoms with Crippen LogP contribution in [0.1, 0.15) is 52.7 Å². The minimum atomic E-state index is -0.847. The molecule has 7 rings (SSSR count). The molecule has 3 aromatic carbocycles. The van der Waals surface area contributed by atoms with Gasteiger partial charge in [0.25, 0.3) is 0 Å². The molecule has 1 amide bonds. The number of carbonyl (C=O) groups is 1. The number of nitrogens with one attached hydrogen (secondary N) is 1. The third-order valence-electron chi connectivity index (χ3n) is 8.56. The van der Waals surface area contributed by atoms with E-state index in [0.29, 0.717) is 24.2 Å². The Kier molecular flexibility index (Phi) is 4.92. The SMILES string of the molecule is NC(=O)c1cc2c(c(F)c1-c1c(Cl)c(F)cc3c1C[C@](c1ccccc1)([C@@H]1CCCN1)O3)OCC21CC1. The van der Waals surface area contributed by atoms with E-state index in [4.69, 9.17) is 26.8 Å². The van der Waals surface area contributed by atoms with Crippen molar-refractivity contribution >= 4 is 17.5 Å². The zero-order chi connectivity index (χ0) is 25.5. The van der Waals surface area contributed by atoms with Crippen molar-refractivity contribution in [2.24, 2.45) is 5.73 Å². The van der Waals surface area contributed by atoms with Crippen LogP contribution in [0.5, 0.6) is 11.5 Å². The standard InChI is InChI=1S/C29H25ClF2N2O3/c30-24-19(31)12-20-17(13-29(37-20,21-7-4-10-34-21)15-5-2-1-3-6-15)22(24)23-16(27(33)35)11-18-26(25(23)32)36-14-28(18)8-9-28/h1-3,5-6,11-12,21,34H,4,7-10,13-14H2,(H2,33,35)/t21-,29-/m0/s1. The largest absolute Gasteiger partial charge is 0.489 e. The predicted molar refractivity (Wildman–Crippen MR) is 135 cm³/mol. The van der Waals surface area contributed by atoms with Crippen LogP contribution in [-0.4, -0.2) is 25.1 Å². The Hall–Kier alpha value is -3.16. The molecule has 190 valence electrons. The molecule has 2 fully saturated rings. The van der Waals surface area contributed by atoms with Crippen LogP contribution < -0.4 is 20.5 Å². The van der Waals surface area contributed by atoms with Gasteiger partial charge in [-0.25, -0.2) is 8.78 Å². The summed E-state index contributed by atoms with van der Waals surface area (Å²) < 4.78 is 44.0. The van der Waals surface area contributed by atoms with E-state index < -0.39 is 23.1 Å². The lowest BCUT2D eigenvalue weighted by atomic mass is 9.80. The molecule has 0 bridgehead atoms. The molecule has 4 aliphatic rings. The van der Waals surface area contributed by atoms with Gasteiger partial charge in [0.05, 0.1) is 23.2 Å². The van der Waals surface area contributed by atoms with Gasteiger partial charge >= 0.3 is 0 Å². The molecule has 2 atom stereocenters. The number of primary amides is 1. The number of rotatable bonds is 4. The van der Waals surface area contributed by atoms with Gasteiger partial charge in [-0.15, -0.1) is 0 Å². The van der Waals surface area contributed by atoms with Crippen molar-refractivity contribution in [1.29, 1.82) is 0 Å². The number of hydrogen-bond donors (Lipinski definition) is 2. The lowest BCUT2D eigenvalue weighted by Gasteiger charge is -2.35. The molecule has 3 aliphatic heterocycles. The van der Waals surface area contributed by atoms with E-state index in [1.807, 2.05) is 30.3 Å². The van der Waals surface area contributed by atoms with Crippen molar-refractivity contribution in [3.63, 3.8) is 0 Å². The van der Waals surface area contributed by atoms with Crippen LogP contribution in [0.15, 0.2) is 42.5 Å². The zero-order valence-electron chi connectivity index (χ0n) is 20.0. The van der Waals surface area contributed by atoms with E-state index in [-0.39, 0.29) is 44.7 Å². The molecule has 37 heavy (non-hydrogen) atoms. The van der Waals surface area contributed by atoms with Gasteiger partial charge in [0.2, 0.25) is 5.91 Å². The average Bonchev–Trinajstić information content (AvgIpc) is 3.22. The fraction of sp³-hybridized carbons (Fsp3) is 0.345. The molecule has 1 aliphatic carbocycles. The molecule has 0 unspecified atom stereocenters. The molecule has 8 heteroatoms. The summed E-state index contributed by atoms with van der Waals surface area (Å²) in [4.78, 5) is 12.7. The third-order valence-corrected chi connectivity index (χ3v) is 8.93. The van der Waals surface area contributed by atoms with Gasteiger partial charge in [0, 0.05) is 40.2 Å². The van der Waals surface area contributed by atoms with Crippen LogP contribution in [-0.2, 0) is 17.4 Å². The number of ether oxygens (including phenoxy) is 2. The molecule has 5 nitrogen and oxygen atoms in total. The number of nitrogens with two attached hydrogens (primary N) is 1. The van der Waals surface area contributed by atoms with Crippen LogP contribution in [0, 0.1) is 11.6 Å². The Balaban J connectivity index is 1.47. The first-order valence-corrected chi connectivity index (χ1v) is 13.0. The molecule has 1 saturated heterocycles. The van der Waals surface area contributed by atoms with Crippen molar-refractivity contribution in [2.75, 3.05) is 13.2 Å². The summed E-state index contributed by atoms with van der Waals surface area (Å²) in [5, 5.41) is 3.26. The molecule has 1 spiro atoms. The lowest BCUT2D eigenvalue weighted by Crippen LogP contribution is -2.48. The zero-order valence-corrected chi connectivity index (χ0v) is 20.8. The van der Waals surface area contributed by atoms with Crippen LogP contribution in [0.3, 0.4) is 0 Å². The highest BCUT2D eigenvalue weighted by molar-refractivity contribution is 6.34. The highest BCUT2D eigenvalue weighted by atomic mass is 35.5. The smallest absolute Gasteiger partial charge is 0.249 e. The summed E-state index contributed by atoms with van der Waals surface area (Å²) in [6.07, 6.45) is 3.87. The van der Waals surface area contributed by atoms with Crippen LogP contribution >= 0.6 is 11.6 Å². The van der Waals surface area contributed by atoms with E-state index in [1.54, 1.807) is 6.07 Å². The third kappa shape index (κ3) is 3.20. The van der Waals surface area contributed by atoms with Gasteiger partial charge < -0.3 is 20.5 Å². The molecule has 0 aromatic heterocycles. The number of hydrogen-bond acceptors (Lipinski definition) is 4. The first-order chi connectivity index (χ1) is 17.8. The van der Waals surface area contributed by atoms with E-state index in [1.165, 1.54) is 6.07 Å². The summed E-state index contributed by atoms with van der Waals surface area (Å²) >= 11 is 6.57. The van der Waals surface area contributed by atoms with Gasteiger partial charge in [-0.3, -0.25) is 4.79 Å². The van der Waals surface area contributed by atoms with Crippen molar-refractivity contribution in [1.82, 2.24) is 5.32 Å². The van der Waals surface area contributed by atoms with Crippen LogP contribution in [0.4, 0.5) is 8.78 Å². The second-order valence-electron chi connectivity index (χ2n) is 10.6. The maximum Gasteiger partial charge on any atom is 0.249 e. The lowest BCUT2D eigenvalue weighted by molar-refractivity contribution is 0.0539. The maximum atomic E-state index is 16.3. The Morgan fingerprint density at radius 2 is 1.92 bits per heavy atom. The number of carbonyl (C=O) groups excluding carboxylic acids is 1. The average molecular weight is 523 g/mol. The Bertz CT molecular complexity index is 1470. The number of halogens is 3. The predicted octanol–water partition coefficient (Wildman–Crippen LogP) is 5.39. The summed E-state index contributed by atoms with van der Waals surface area (Å²) in [5.74, 6) is -1.92. The number of fused-ring (bicyclic) bond motifs is 3. The Morgan fingerprint density at radius 1 is 1.14 bits per heavy atom. The summed E-state index contributed by atoms with van der Waals surface area (Å²) in [6.45, 7) is 1.19. The fourth-order valence-electron chi connectivity index (χ4n) is 6.48. The van der Waals surface area contributed by atoms with Crippen molar-refractivity contribution in [3.8, 4) is 22.6 Å². The van der Waals surface area contributed by atoms with Crippen molar-refractivity contribution in [2.45, 2.75) is 49.2 Å². The van der Waals surface area contributed by atoms with Crippen molar-refractivity contribution < 1.29 is 23.0 Å². The highest BCUT2D eigenvalue weighted by Crippen LogP contribution is 2.59. The summed E-state index contributed by atoms with van der Waals surface area (Å²) in [7, 11) is 0. The Morgan fingerprint density at radius 3 is 2.59 bits per heavy atom. The topological polar surface area (TPSA) is 73.6 Å². The summed E-state index contributed by atoms with van der Waals surface area (Å²) in [6, 6.07) is 12.6. The van der Waals surface area contributed by atoms with Gasteiger partial charge in [-0.2, -0.15) is 0 Å². The fourth-order valence-corrected chi connectivity index (χ4v) is 6.74. The highest BCUT2D eigenvalue weighted by Gasteiger charge is 2.53. The molecule has 3 aromatic rings. The second kappa shape index (κ2) is 7.92. The first kappa shape index (κ1) is 23.0. The van der Waals surface area contributed by atoms with Gasteiger partial charge in [-0.1, -0.05) is 41.9 Å². The minimum Gasteiger partial charge on any atom is -0.489 e. The normalized spacial score (nSPS) is 24.5. The Labute approximate surface area is 217 Å². The number of amides is 1. The maximum absolute atomic E-state index is 16.3. The molecular formula is C29H25ClF2N2O3. The quantitative estimate of drug-likeness (QED) is 0.482. The summed E-state index contributed by atoms with van der Waals surface area (Å²) in [5.41, 5.74) is 6.72. The molecule has 3 heterocycles. The molecule has 0 radical (unpaired) electrons. The number of benzene rings is 3. The minimum absolute atomic E-state index is 0.0288. The van der Waals surface area contributed by atoms with E-state index in [0.717, 1.165) is 37.8 Å². The van der Waals surface area contributed by atoms with E-state index >= 15 is 8.78 Å².